The highest BCUT2D eigenvalue weighted by Crippen LogP contribution is 2.43. The van der Waals surface area contributed by atoms with Crippen molar-refractivity contribution < 1.29 is 0 Å². The minimum absolute atomic E-state index is 0.206. The Morgan fingerprint density at radius 3 is 1.25 bits per heavy atom. The molecule has 4 heteroatoms. The normalized spacial score (nSPS) is 11.8. The molecular weight excluding hydrogens is 188 g/mol. The van der Waals surface area contributed by atoms with Gasteiger partial charge in [0, 0.05) is 9.49 Å². The van der Waals surface area contributed by atoms with Gasteiger partial charge < -0.3 is 0 Å². The first-order valence-electron chi connectivity index (χ1n) is 3.51. The number of nitriles is 2. The average molecular weight is 200 g/mol. The van der Waals surface area contributed by atoms with Gasteiger partial charge in [0.25, 0.3) is 0 Å². The molecule has 0 atom stereocenters. The Morgan fingerprint density at radius 2 is 1.08 bits per heavy atom. The largest absolute Gasteiger partial charge is 0.185 e. The molecule has 0 amide bonds. The summed E-state index contributed by atoms with van der Waals surface area (Å²) in [5.41, 5.74) is 0. The molecule has 0 bridgehead atoms. The van der Waals surface area contributed by atoms with E-state index in [-0.39, 0.29) is 9.49 Å². The van der Waals surface area contributed by atoms with Gasteiger partial charge in [-0.25, -0.2) is 0 Å². The zero-order valence-electron chi connectivity index (χ0n) is 7.71. The quantitative estimate of drug-likeness (QED) is 0.657. The predicted octanol–water partition coefficient (Wildman–Crippen LogP) is 2.97. The van der Waals surface area contributed by atoms with Crippen molar-refractivity contribution in [1.29, 1.82) is 10.5 Å². The highest BCUT2D eigenvalue weighted by molar-refractivity contribution is 8.09. The molecule has 0 heterocycles. The van der Waals surface area contributed by atoms with Gasteiger partial charge in [0.05, 0.1) is 0 Å². The molecule has 0 aromatic carbocycles. The predicted molar refractivity (Wildman–Crippen MR) is 54.6 cm³/mol. The number of thioether (sulfide) groups is 2. The molecule has 0 rings (SSSR count). The third kappa shape index (κ3) is 2.62. The van der Waals surface area contributed by atoms with Gasteiger partial charge in [-0.1, -0.05) is 0 Å². The second kappa shape index (κ2) is 4.07. The van der Waals surface area contributed by atoms with E-state index in [1.807, 2.05) is 27.7 Å². The van der Waals surface area contributed by atoms with Gasteiger partial charge >= 0.3 is 0 Å². The Bertz CT molecular complexity index is 206. The molecule has 0 unspecified atom stereocenters. The molecule has 0 aliphatic rings. The highest BCUT2D eigenvalue weighted by Gasteiger charge is 2.38. The van der Waals surface area contributed by atoms with E-state index in [0.717, 1.165) is 0 Å². The maximum Gasteiger partial charge on any atom is 0.133 e. The SMILES string of the molecule is CC(C)(SC#N)C(C)(C)SC#N. The molecule has 0 N–H and O–H groups in total. The summed E-state index contributed by atoms with van der Waals surface area (Å²) in [7, 11) is 0. The Balaban J connectivity index is 4.55. The number of rotatable bonds is 3. The van der Waals surface area contributed by atoms with Crippen LogP contribution in [0.1, 0.15) is 27.7 Å². The summed E-state index contributed by atoms with van der Waals surface area (Å²) in [5.74, 6) is 0. The minimum atomic E-state index is -0.206. The fourth-order valence-electron chi connectivity index (χ4n) is 0.474. The summed E-state index contributed by atoms with van der Waals surface area (Å²) in [6.07, 6.45) is 0. The third-order valence-electron chi connectivity index (χ3n) is 2.05. The van der Waals surface area contributed by atoms with Crippen LogP contribution < -0.4 is 0 Å². The van der Waals surface area contributed by atoms with Crippen LogP contribution >= 0.6 is 23.5 Å². The molecule has 0 aliphatic heterocycles. The van der Waals surface area contributed by atoms with Gasteiger partial charge in [0.1, 0.15) is 10.8 Å². The number of hydrogen-bond donors (Lipinski definition) is 0. The summed E-state index contributed by atoms with van der Waals surface area (Å²) >= 11 is 2.43. The summed E-state index contributed by atoms with van der Waals surface area (Å²) in [4.78, 5) is 0. The van der Waals surface area contributed by atoms with Crippen LogP contribution in [-0.4, -0.2) is 9.49 Å². The average Bonchev–Trinajstić information content (AvgIpc) is 1.86. The molecule has 0 aliphatic carbocycles. The molecule has 0 saturated carbocycles. The monoisotopic (exact) mass is 200 g/mol. The van der Waals surface area contributed by atoms with Crippen molar-refractivity contribution in [3.05, 3.63) is 0 Å². The van der Waals surface area contributed by atoms with Gasteiger partial charge in [-0.3, -0.25) is 0 Å². The van der Waals surface area contributed by atoms with Gasteiger partial charge in [-0.15, -0.1) is 0 Å². The van der Waals surface area contributed by atoms with Crippen LogP contribution in [0.25, 0.3) is 0 Å². The van der Waals surface area contributed by atoms with E-state index in [1.165, 1.54) is 23.5 Å². The number of nitrogens with zero attached hydrogens (tertiary/aromatic N) is 2. The van der Waals surface area contributed by atoms with Crippen LogP contribution in [0.15, 0.2) is 0 Å². The van der Waals surface area contributed by atoms with E-state index in [9.17, 15) is 0 Å². The maximum absolute atomic E-state index is 8.55. The Morgan fingerprint density at radius 1 is 0.833 bits per heavy atom. The van der Waals surface area contributed by atoms with E-state index in [1.54, 1.807) is 0 Å². The van der Waals surface area contributed by atoms with Crippen LogP contribution in [0.2, 0.25) is 0 Å². The van der Waals surface area contributed by atoms with E-state index in [4.69, 9.17) is 10.5 Å². The van der Waals surface area contributed by atoms with Crippen molar-refractivity contribution >= 4 is 23.5 Å². The Hall–Kier alpha value is -0.320. The van der Waals surface area contributed by atoms with Crippen LogP contribution in [-0.2, 0) is 0 Å². The topological polar surface area (TPSA) is 47.6 Å². The van der Waals surface area contributed by atoms with Gasteiger partial charge in [-0.2, -0.15) is 10.5 Å². The molecular formula is C8H12N2S2. The van der Waals surface area contributed by atoms with Crippen molar-refractivity contribution in [1.82, 2.24) is 0 Å². The lowest BCUT2D eigenvalue weighted by atomic mass is 9.98. The zero-order chi connectivity index (χ0) is 9.83. The summed E-state index contributed by atoms with van der Waals surface area (Å²) in [5, 5.41) is 21.2. The van der Waals surface area contributed by atoms with E-state index in [2.05, 4.69) is 10.8 Å². The lowest BCUT2D eigenvalue weighted by Gasteiger charge is -2.35. The van der Waals surface area contributed by atoms with Crippen molar-refractivity contribution in [2.24, 2.45) is 0 Å². The van der Waals surface area contributed by atoms with Crippen molar-refractivity contribution in [3.8, 4) is 10.8 Å². The van der Waals surface area contributed by atoms with E-state index >= 15 is 0 Å². The first-order valence-corrected chi connectivity index (χ1v) is 5.15. The van der Waals surface area contributed by atoms with Gasteiger partial charge in [0.2, 0.25) is 0 Å². The van der Waals surface area contributed by atoms with Crippen LogP contribution in [0.3, 0.4) is 0 Å². The first-order chi connectivity index (χ1) is 5.37. The fourth-order valence-corrected chi connectivity index (χ4v) is 1.67. The lowest BCUT2D eigenvalue weighted by molar-refractivity contribution is 0.556. The molecule has 0 saturated heterocycles. The maximum atomic E-state index is 8.55. The fraction of sp³-hybridized carbons (Fsp3) is 0.750. The minimum Gasteiger partial charge on any atom is -0.185 e. The summed E-state index contributed by atoms with van der Waals surface area (Å²) < 4.78 is -0.412. The van der Waals surface area contributed by atoms with Crippen molar-refractivity contribution in [2.75, 3.05) is 0 Å². The summed E-state index contributed by atoms with van der Waals surface area (Å²) in [6, 6.07) is 0. The van der Waals surface area contributed by atoms with Crippen LogP contribution in [0.5, 0.6) is 0 Å². The number of hydrogen-bond acceptors (Lipinski definition) is 4. The highest BCUT2D eigenvalue weighted by atomic mass is 32.2. The smallest absolute Gasteiger partial charge is 0.133 e. The molecule has 2 nitrogen and oxygen atoms in total. The zero-order valence-corrected chi connectivity index (χ0v) is 9.34. The van der Waals surface area contributed by atoms with Crippen LogP contribution in [0, 0.1) is 21.3 Å². The number of thiocyanates is 2. The van der Waals surface area contributed by atoms with Gasteiger partial charge in [-0.05, 0) is 51.2 Å². The van der Waals surface area contributed by atoms with Crippen LogP contribution in [0.4, 0.5) is 0 Å². The second-order valence-electron chi connectivity index (χ2n) is 3.41. The standard InChI is InChI=1S/C8H12N2S2/c1-7(2,11-5-9)8(3,4)12-6-10/h1-4H3. The first kappa shape index (κ1) is 11.7. The van der Waals surface area contributed by atoms with E-state index < -0.39 is 0 Å². The molecule has 12 heavy (non-hydrogen) atoms. The molecule has 0 aromatic rings. The van der Waals surface area contributed by atoms with E-state index in [0.29, 0.717) is 0 Å². The lowest BCUT2D eigenvalue weighted by Crippen LogP contribution is -2.38. The Kier molecular flexibility index (Phi) is 3.96. The molecule has 0 aromatic heterocycles. The molecule has 0 radical (unpaired) electrons. The van der Waals surface area contributed by atoms with Gasteiger partial charge in [0.15, 0.2) is 0 Å². The summed E-state index contributed by atoms with van der Waals surface area (Å²) in [6.45, 7) is 7.91. The van der Waals surface area contributed by atoms with Crippen molar-refractivity contribution in [2.45, 2.75) is 37.2 Å². The van der Waals surface area contributed by atoms with Crippen molar-refractivity contribution in [3.63, 3.8) is 0 Å². The second-order valence-corrected chi connectivity index (χ2v) is 6.22. The third-order valence-corrected chi connectivity index (χ3v) is 4.40. The molecule has 0 fully saturated rings. The Labute approximate surface area is 82.3 Å². The molecule has 0 spiro atoms. The molecule has 66 valence electrons.